The van der Waals surface area contributed by atoms with E-state index in [1.807, 2.05) is 0 Å². The van der Waals surface area contributed by atoms with Crippen LogP contribution in [0.4, 0.5) is 29.5 Å². The van der Waals surface area contributed by atoms with Gasteiger partial charge in [-0.25, -0.2) is 18.0 Å². The van der Waals surface area contributed by atoms with E-state index in [1.165, 1.54) is 6.07 Å². The molecule has 11 heteroatoms. The maximum atomic E-state index is 13.8. The fourth-order valence-electron chi connectivity index (χ4n) is 3.28. The molecule has 0 atom stereocenters. The zero-order valence-electron chi connectivity index (χ0n) is 16.7. The third kappa shape index (κ3) is 4.07. The highest BCUT2D eigenvalue weighted by Gasteiger charge is 2.17. The van der Waals surface area contributed by atoms with Gasteiger partial charge in [0.05, 0.1) is 11.1 Å². The number of fused-ring (bicyclic) bond motifs is 2. The molecular weight excluding hydrogens is 441 g/mol. The number of amides is 2. The Morgan fingerprint density at radius 2 is 1.82 bits per heavy atom. The number of aromatic amines is 1. The Bertz CT molecular complexity index is 1380. The number of benzene rings is 3. The summed E-state index contributed by atoms with van der Waals surface area (Å²) in [6.45, 7) is -0.403. The third-order valence-electron chi connectivity index (χ3n) is 4.92. The second-order valence-electron chi connectivity index (χ2n) is 7.04. The van der Waals surface area contributed by atoms with Crippen molar-refractivity contribution in [3.05, 3.63) is 71.5 Å². The molecule has 0 saturated heterocycles. The van der Waals surface area contributed by atoms with E-state index in [2.05, 4.69) is 20.8 Å². The third-order valence-corrected chi connectivity index (χ3v) is 4.92. The molecule has 2 amide bonds. The summed E-state index contributed by atoms with van der Waals surface area (Å²) in [5, 5.41) is 12.6. The molecule has 0 bridgehead atoms. The van der Waals surface area contributed by atoms with Gasteiger partial charge in [-0.3, -0.25) is 10.4 Å². The molecule has 33 heavy (non-hydrogen) atoms. The Morgan fingerprint density at radius 1 is 1.00 bits per heavy atom. The number of halogens is 3. The van der Waals surface area contributed by atoms with E-state index >= 15 is 0 Å². The summed E-state index contributed by atoms with van der Waals surface area (Å²) in [5.41, 5.74) is 0.548. The van der Waals surface area contributed by atoms with Crippen molar-refractivity contribution in [3.63, 3.8) is 0 Å². The van der Waals surface area contributed by atoms with Gasteiger partial charge in [-0.1, -0.05) is 0 Å². The van der Waals surface area contributed by atoms with Gasteiger partial charge in [-0.15, -0.1) is 0 Å². The maximum Gasteiger partial charge on any atom is 0.324 e. The van der Waals surface area contributed by atoms with Crippen molar-refractivity contribution in [2.45, 2.75) is 6.61 Å². The smallest absolute Gasteiger partial charge is 0.324 e. The summed E-state index contributed by atoms with van der Waals surface area (Å²) in [6, 6.07) is 10.6. The Kier molecular flexibility index (Phi) is 5.13. The van der Waals surface area contributed by atoms with Gasteiger partial charge in [0.25, 0.3) is 0 Å². The van der Waals surface area contributed by atoms with Gasteiger partial charge < -0.3 is 19.5 Å². The number of H-pyrrole nitrogens is 1. The zero-order valence-corrected chi connectivity index (χ0v) is 16.7. The Labute approximate surface area is 184 Å². The van der Waals surface area contributed by atoms with Crippen LogP contribution in [0.5, 0.6) is 17.2 Å². The number of anilines is 2. The summed E-state index contributed by atoms with van der Waals surface area (Å²) in [4.78, 5) is 12.4. The highest BCUT2D eigenvalue weighted by atomic mass is 19.2. The number of urea groups is 1. The van der Waals surface area contributed by atoms with E-state index in [1.54, 1.807) is 30.3 Å². The molecule has 5 rings (SSSR count). The first-order valence-corrected chi connectivity index (χ1v) is 9.69. The van der Waals surface area contributed by atoms with E-state index in [-0.39, 0.29) is 18.4 Å². The van der Waals surface area contributed by atoms with Gasteiger partial charge >= 0.3 is 6.03 Å². The zero-order chi connectivity index (χ0) is 22.9. The van der Waals surface area contributed by atoms with Gasteiger partial charge in [0.15, 0.2) is 29.0 Å². The van der Waals surface area contributed by atoms with Crippen molar-refractivity contribution in [1.29, 1.82) is 0 Å². The lowest BCUT2D eigenvalue weighted by molar-refractivity contribution is 0.174. The van der Waals surface area contributed by atoms with Gasteiger partial charge in [-0.2, -0.15) is 5.10 Å². The van der Waals surface area contributed by atoms with Crippen LogP contribution in [-0.2, 0) is 6.61 Å². The second-order valence-corrected chi connectivity index (χ2v) is 7.04. The quantitative estimate of drug-likeness (QED) is 0.370. The number of hydrogen-bond acceptors (Lipinski definition) is 5. The van der Waals surface area contributed by atoms with Crippen LogP contribution in [0.25, 0.3) is 10.9 Å². The molecule has 0 saturated carbocycles. The molecule has 0 unspecified atom stereocenters. The summed E-state index contributed by atoms with van der Waals surface area (Å²) in [6.07, 6.45) is 0. The monoisotopic (exact) mass is 456 g/mol. The Morgan fingerprint density at radius 3 is 2.70 bits per heavy atom. The van der Waals surface area contributed by atoms with Crippen molar-refractivity contribution >= 4 is 28.4 Å². The van der Waals surface area contributed by atoms with Crippen molar-refractivity contribution in [1.82, 2.24) is 10.2 Å². The van der Waals surface area contributed by atoms with E-state index in [0.29, 0.717) is 34.2 Å². The predicted molar refractivity (Wildman–Crippen MR) is 112 cm³/mol. The Hall–Kier alpha value is -4.41. The average molecular weight is 456 g/mol. The lowest BCUT2D eigenvalue weighted by Crippen LogP contribution is -2.19. The number of carbonyl (C=O) groups excluding carboxylic acids is 1. The number of hydrogen-bond donors (Lipinski definition) is 3. The van der Waals surface area contributed by atoms with E-state index in [0.717, 1.165) is 6.07 Å². The standard InChI is InChI=1S/C22H15F3N4O4/c23-15-3-4-16(24)20(25)14(15)9-31-12-2-5-17-13(8-12)21(29-28-17)27-22(30)26-11-1-6-18-19(7-11)33-10-32-18/h1-8H,9-10H2,(H3,26,27,28,29,30). The normalized spacial score (nSPS) is 12.1. The minimum absolute atomic E-state index is 0.118. The molecule has 1 aromatic heterocycles. The molecule has 2 heterocycles. The first-order valence-electron chi connectivity index (χ1n) is 9.69. The number of ether oxygens (including phenoxy) is 3. The Balaban J connectivity index is 1.30. The van der Waals surface area contributed by atoms with Crippen molar-refractivity contribution in [2.24, 2.45) is 0 Å². The second kappa shape index (κ2) is 8.26. The van der Waals surface area contributed by atoms with Crippen LogP contribution >= 0.6 is 0 Å². The summed E-state index contributed by atoms with van der Waals surface area (Å²) in [5.74, 6) is -1.83. The van der Waals surface area contributed by atoms with Crippen LogP contribution in [0.15, 0.2) is 48.5 Å². The number of nitrogens with one attached hydrogen (secondary N) is 3. The largest absolute Gasteiger partial charge is 0.489 e. The van der Waals surface area contributed by atoms with Crippen LogP contribution in [0.1, 0.15) is 5.56 Å². The lowest BCUT2D eigenvalue weighted by Gasteiger charge is -2.09. The minimum atomic E-state index is -1.30. The first kappa shape index (κ1) is 20.5. The average Bonchev–Trinajstić information content (AvgIpc) is 3.43. The van der Waals surface area contributed by atoms with Crippen LogP contribution in [0.3, 0.4) is 0 Å². The fraction of sp³-hybridized carbons (Fsp3) is 0.0909. The highest BCUT2D eigenvalue weighted by Crippen LogP contribution is 2.34. The van der Waals surface area contributed by atoms with Crippen molar-refractivity contribution < 1.29 is 32.2 Å². The van der Waals surface area contributed by atoms with Crippen LogP contribution in [0, 0.1) is 17.5 Å². The molecule has 3 N–H and O–H groups in total. The molecule has 0 fully saturated rings. The predicted octanol–water partition coefficient (Wildman–Crippen LogP) is 4.93. The summed E-state index contributed by atoms with van der Waals surface area (Å²) >= 11 is 0. The molecule has 3 aromatic carbocycles. The van der Waals surface area contributed by atoms with Gasteiger partial charge in [0.2, 0.25) is 6.79 Å². The molecule has 1 aliphatic rings. The summed E-state index contributed by atoms with van der Waals surface area (Å²) < 4.78 is 57.0. The lowest BCUT2D eigenvalue weighted by atomic mass is 10.2. The van der Waals surface area contributed by atoms with Crippen LogP contribution < -0.4 is 24.8 Å². The molecule has 0 radical (unpaired) electrons. The van der Waals surface area contributed by atoms with E-state index in [4.69, 9.17) is 14.2 Å². The minimum Gasteiger partial charge on any atom is -0.489 e. The molecule has 8 nitrogen and oxygen atoms in total. The number of carbonyl (C=O) groups is 1. The van der Waals surface area contributed by atoms with Crippen LogP contribution in [-0.4, -0.2) is 23.0 Å². The van der Waals surface area contributed by atoms with Gasteiger partial charge in [0, 0.05) is 17.1 Å². The number of nitrogens with zero attached hydrogens (tertiary/aromatic N) is 1. The highest BCUT2D eigenvalue weighted by molar-refractivity contribution is 6.04. The fourth-order valence-corrected chi connectivity index (χ4v) is 3.28. The van der Waals surface area contributed by atoms with Crippen LogP contribution in [0.2, 0.25) is 0 Å². The van der Waals surface area contributed by atoms with Gasteiger partial charge in [0.1, 0.15) is 18.2 Å². The maximum absolute atomic E-state index is 13.8. The summed E-state index contributed by atoms with van der Waals surface area (Å²) in [7, 11) is 0. The molecule has 4 aromatic rings. The molecular formula is C22H15F3N4O4. The van der Waals surface area contributed by atoms with Crippen molar-refractivity contribution in [3.8, 4) is 17.2 Å². The van der Waals surface area contributed by atoms with E-state index < -0.39 is 35.7 Å². The van der Waals surface area contributed by atoms with E-state index in [9.17, 15) is 18.0 Å². The molecule has 0 spiro atoms. The van der Waals surface area contributed by atoms with Crippen molar-refractivity contribution in [2.75, 3.05) is 17.4 Å². The molecule has 1 aliphatic heterocycles. The number of rotatable bonds is 5. The first-order chi connectivity index (χ1) is 16.0. The SMILES string of the molecule is O=C(Nc1ccc2c(c1)OCO2)Nc1n[nH]c2ccc(OCc3c(F)ccc(F)c3F)cc12. The van der Waals surface area contributed by atoms with Gasteiger partial charge in [-0.05, 0) is 42.5 Å². The number of aromatic nitrogens is 2. The molecule has 0 aliphatic carbocycles. The molecule has 168 valence electrons. The topological polar surface area (TPSA) is 97.5 Å².